The second-order valence-corrected chi connectivity index (χ2v) is 16.0. The van der Waals surface area contributed by atoms with Gasteiger partial charge in [0.2, 0.25) is 0 Å². The van der Waals surface area contributed by atoms with Crippen LogP contribution >= 0.6 is 0 Å². The minimum atomic E-state index is -0.0453. The molecule has 0 nitrogen and oxygen atoms in total. The maximum Gasteiger partial charge on any atom is -0.00101 e. The Morgan fingerprint density at radius 2 is 0.729 bits per heavy atom. The van der Waals surface area contributed by atoms with E-state index >= 15 is 0 Å². The summed E-state index contributed by atoms with van der Waals surface area (Å²) in [6, 6.07) is 45.8. The van der Waals surface area contributed by atoms with Crippen LogP contribution in [0.3, 0.4) is 0 Å². The van der Waals surface area contributed by atoms with E-state index in [1.807, 2.05) is 0 Å². The van der Waals surface area contributed by atoms with Crippen LogP contribution in [0.5, 0.6) is 0 Å². The fourth-order valence-electron chi connectivity index (χ4n) is 9.33. The smallest absolute Gasteiger partial charge is 0.00101 e. The van der Waals surface area contributed by atoms with Gasteiger partial charge in [-0.3, -0.25) is 0 Å². The van der Waals surface area contributed by atoms with E-state index in [4.69, 9.17) is 0 Å². The largest absolute Gasteiger partial charge is 0.0622 e. The Morgan fingerprint density at radius 3 is 1.10 bits per heavy atom. The molecule has 0 heteroatoms. The summed E-state index contributed by atoms with van der Waals surface area (Å²) in [4.78, 5) is 0. The van der Waals surface area contributed by atoms with Crippen LogP contribution in [-0.4, -0.2) is 0 Å². The highest BCUT2D eigenvalue weighted by atomic mass is 14.4. The molecule has 0 heterocycles. The predicted octanol–water partition coefficient (Wildman–Crippen LogP) is 13.1. The highest BCUT2D eigenvalue weighted by Gasteiger charge is 2.36. The van der Waals surface area contributed by atoms with Gasteiger partial charge in [-0.15, -0.1) is 0 Å². The fraction of sp³-hybridized carbons (Fsp3) is 0.208. The number of rotatable bonds is 2. The van der Waals surface area contributed by atoms with E-state index in [2.05, 4.69) is 163 Å². The number of fused-ring (bicyclic) bond motifs is 9. The molecule has 2 aliphatic rings. The first-order valence-corrected chi connectivity index (χ1v) is 17.6. The van der Waals surface area contributed by atoms with Crippen LogP contribution < -0.4 is 0 Å². The van der Waals surface area contributed by atoms with Gasteiger partial charge >= 0.3 is 0 Å². The van der Waals surface area contributed by atoms with Crippen molar-refractivity contribution in [3.63, 3.8) is 0 Å². The molecule has 0 saturated carbocycles. The van der Waals surface area contributed by atoms with Gasteiger partial charge < -0.3 is 0 Å². The molecule has 0 aliphatic heterocycles. The molecule has 0 saturated heterocycles. The van der Waals surface area contributed by atoms with E-state index < -0.39 is 0 Å². The summed E-state index contributed by atoms with van der Waals surface area (Å²) in [5.41, 5.74) is 19.7. The Labute approximate surface area is 285 Å². The lowest BCUT2D eigenvalue weighted by Crippen LogP contribution is -2.17. The Hall–Kier alpha value is -4.94. The number of hydrogen-bond acceptors (Lipinski definition) is 0. The highest BCUT2D eigenvalue weighted by Crippen LogP contribution is 2.57. The third-order valence-electron chi connectivity index (χ3n) is 10.9. The van der Waals surface area contributed by atoms with Crippen molar-refractivity contribution >= 4 is 21.5 Å². The van der Waals surface area contributed by atoms with Gasteiger partial charge in [0, 0.05) is 0 Å². The van der Waals surface area contributed by atoms with Gasteiger partial charge in [0.15, 0.2) is 0 Å². The Balaban J connectivity index is 1.64. The van der Waals surface area contributed by atoms with Crippen molar-refractivity contribution in [2.24, 2.45) is 0 Å². The van der Waals surface area contributed by atoms with E-state index in [0.29, 0.717) is 0 Å². The molecule has 9 rings (SSSR count). The molecule has 0 fully saturated rings. The van der Waals surface area contributed by atoms with Crippen LogP contribution in [0, 0.1) is 0 Å². The third kappa shape index (κ3) is 4.15. The van der Waals surface area contributed by atoms with E-state index in [1.165, 1.54) is 99.4 Å². The maximum absolute atomic E-state index is 2.49. The van der Waals surface area contributed by atoms with Crippen molar-refractivity contribution in [3.05, 3.63) is 155 Å². The topological polar surface area (TPSA) is 0 Å². The second kappa shape index (κ2) is 10.3. The number of hydrogen-bond donors (Lipinski definition) is 0. The van der Waals surface area contributed by atoms with Crippen LogP contribution in [-0.2, 0) is 23.7 Å². The minimum Gasteiger partial charge on any atom is -0.0622 e. The van der Waals surface area contributed by atoms with E-state index in [1.54, 1.807) is 0 Å². The average Bonchev–Trinajstić information content (AvgIpc) is 3.64. The first-order chi connectivity index (χ1) is 23.1. The highest BCUT2D eigenvalue weighted by molar-refractivity contribution is 6.26. The molecule has 0 spiro atoms. The van der Waals surface area contributed by atoms with E-state index in [0.717, 1.165) is 12.8 Å². The van der Waals surface area contributed by atoms with Gasteiger partial charge in [0.25, 0.3) is 0 Å². The molecule has 0 aromatic heterocycles. The van der Waals surface area contributed by atoms with Crippen molar-refractivity contribution in [1.29, 1.82) is 0 Å². The first kappa shape index (κ1) is 29.2. The molecule has 2 aliphatic carbocycles. The summed E-state index contributed by atoms with van der Waals surface area (Å²) in [5, 5.41) is 5.58. The minimum absolute atomic E-state index is 0.0453. The van der Waals surface area contributed by atoms with Crippen molar-refractivity contribution in [2.75, 3.05) is 0 Å². The standard InChI is InChI=1S/C48H42/c1-47(2,3)45-35-25-26-36-44(43(35)39(29-17-9-7-10-18-29)41-33-23-15-13-21-31(33)27-37(41)45)40(30-19-11-8-12-20-30)42-34-24-16-14-22-32(34)28-38(42)46(36)48(4,5)6/h7-26H,27-28H2,1-6H3. The molecular weight excluding hydrogens is 577 g/mol. The lowest BCUT2D eigenvalue weighted by atomic mass is 9.72. The average molecular weight is 619 g/mol. The maximum atomic E-state index is 2.49. The lowest BCUT2D eigenvalue weighted by molar-refractivity contribution is 0.590. The Kier molecular flexibility index (Phi) is 6.26. The number of benzene rings is 7. The summed E-state index contributed by atoms with van der Waals surface area (Å²) in [7, 11) is 0. The molecule has 48 heavy (non-hydrogen) atoms. The van der Waals surface area contributed by atoms with Crippen LogP contribution in [0.15, 0.2) is 121 Å². The molecule has 0 amide bonds. The fourth-order valence-corrected chi connectivity index (χ4v) is 9.33. The van der Waals surface area contributed by atoms with Crippen molar-refractivity contribution < 1.29 is 0 Å². The molecular formula is C48H42. The zero-order valence-electron chi connectivity index (χ0n) is 29.0. The molecule has 234 valence electrons. The summed E-state index contributed by atoms with van der Waals surface area (Å²) in [6.45, 7) is 14.5. The quantitative estimate of drug-likeness (QED) is 0.169. The van der Waals surface area contributed by atoms with E-state index in [-0.39, 0.29) is 10.8 Å². The second-order valence-electron chi connectivity index (χ2n) is 16.0. The zero-order chi connectivity index (χ0) is 32.9. The van der Waals surface area contributed by atoms with Gasteiger partial charge in [0.1, 0.15) is 0 Å². The van der Waals surface area contributed by atoms with Crippen LogP contribution in [0.25, 0.3) is 66.1 Å². The lowest BCUT2D eigenvalue weighted by Gasteiger charge is -2.32. The molecule has 0 N–H and O–H groups in total. The Morgan fingerprint density at radius 1 is 0.375 bits per heavy atom. The molecule has 0 atom stereocenters. The van der Waals surface area contributed by atoms with Gasteiger partial charge in [-0.25, -0.2) is 0 Å². The summed E-state index contributed by atoms with van der Waals surface area (Å²) < 4.78 is 0. The third-order valence-corrected chi connectivity index (χ3v) is 10.9. The summed E-state index contributed by atoms with van der Waals surface area (Å²) in [5.74, 6) is 0. The zero-order valence-corrected chi connectivity index (χ0v) is 29.0. The monoisotopic (exact) mass is 618 g/mol. The Bertz CT molecular complexity index is 2250. The van der Waals surface area contributed by atoms with Gasteiger partial charge in [-0.1, -0.05) is 163 Å². The van der Waals surface area contributed by atoms with Gasteiger partial charge in [-0.2, -0.15) is 0 Å². The van der Waals surface area contributed by atoms with Crippen LogP contribution in [0.2, 0.25) is 0 Å². The molecule has 7 aromatic carbocycles. The van der Waals surface area contributed by atoms with Gasteiger partial charge in [0.05, 0.1) is 0 Å². The SMILES string of the molecule is CC(C)(C)c1c2c(c(-c3ccccc3)c3c1ccc1c(C(C)(C)C)c4c(c(-c5ccccc5)c13)-c1ccccc1C4)-c1ccccc1C2. The first-order valence-electron chi connectivity index (χ1n) is 17.6. The molecule has 0 unspecified atom stereocenters. The molecule has 0 bridgehead atoms. The van der Waals surface area contributed by atoms with Crippen molar-refractivity contribution in [3.8, 4) is 44.5 Å². The van der Waals surface area contributed by atoms with Gasteiger partial charge in [-0.05, 0) is 123 Å². The predicted molar refractivity (Wildman–Crippen MR) is 206 cm³/mol. The summed E-state index contributed by atoms with van der Waals surface area (Å²) >= 11 is 0. The normalized spacial score (nSPS) is 13.5. The van der Waals surface area contributed by atoms with Crippen LogP contribution in [0.4, 0.5) is 0 Å². The summed E-state index contributed by atoms with van der Waals surface area (Å²) in [6.07, 6.45) is 1.95. The van der Waals surface area contributed by atoms with Crippen molar-refractivity contribution in [2.45, 2.75) is 65.2 Å². The molecule has 0 radical (unpaired) electrons. The van der Waals surface area contributed by atoms with Crippen LogP contribution in [0.1, 0.15) is 74.9 Å². The van der Waals surface area contributed by atoms with E-state index in [9.17, 15) is 0 Å². The molecule has 7 aromatic rings. The van der Waals surface area contributed by atoms with Crippen molar-refractivity contribution in [1.82, 2.24) is 0 Å².